The molecule has 45 heavy (non-hydrogen) atoms. The van der Waals surface area contributed by atoms with E-state index in [4.69, 9.17) is 23.5 Å². The Kier molecular flexibility index (Phi) is 11.6. The van der Waals surface area contributed by atoms with Gasteiger partial charge in [-0.3, -0.25) is 23.7 Å². The lowest BCUT2D eigenvalue weighted by Gasteiger charge is -2.60. The van der Waals surface area contributed by atoms with Gasteiger partial charge in [-0.1, -0.05) is 13.8 Å². The first-order valence-corrected chi connectivity index (χ1v) is 18.3. The number of carbonyl (C=O) groups is 4. The molecule has 0 saturated heterocycles. The summed E-state index contributed by atoms with van der Waals surface area (Å²) in [5.74, 6) is -0.0812. The van der Waals surface area contributed by atoms with Crippen LogP contribution >= 0.6 is 0 Å². The molecule has 0 bridgehead atoms. The summed E-state index contributed by atoms with van der Waals surface area (Å²) in [6.45, 7) is 8.84. The smallest absolute Gasteiger partial charge is 0.305 e. The molecule has 12 heteroatoms. The molecule has 8 unspecified atom stereocenters. The number of ether oxygens (including phenoxy) is 4. The average molecular weight is 657 g/mol. The highest BCUT2D eigenvalue weighted by molar-refractivity contribution is 7.85. The second-order valence-electron chi connectivity index (χ2n) is 14.3. The van der Waals surface area contributed by atoms with E-state index < -0.39 is 10.1 Å². The zero-order valence-corrected chi connectivity index (χ0v) is 28.2. The van der Waals surface area contributed by atoms with Gasteiger partial charge >= 0.3 is 23.9 Å². The van der Waals surface area contributed by atoms with Crippen LogP contribution in [-0.2, 0) is 48.2 Å². The van der Waals surface area contributed by atoms with Crippen LogP contribution in [0.2, 0.25) is 0 Å². The van der Waals surface area contributed by atoms with Crippen molar-refractivity contribution in [3.63, 3.8) is 0 Å². The summed E-state index contributed by atoms with van der Waals surface area (Å²) in [5.41, 5.74) is -0.355. The molecule has 0 aromatic carbocycles. The second-order valence-corrected chi connectivity index (χ2v) is 15.9. The maximum Gasteiger partial charge on any atom is 0.305 e. The van der Waals surface area contributed by atoms with Gasteiger partial charge in [0.2, 0.25) is 0 Å². The van der Waals surface area contributed by atoms with Crippen LogP contribution in [0.15, 0.2) is 0 Å². The van der Waals surface area contributed by atoms with Crippen molar-refractivity contribution in [3.05, 3.63) is 0 Å². The molecule has 4 aliphatic carbocycles. The summed E-state index contributed by atoms with van der Waals surface area (Å²) in [6, 6.07) is 0. The van der Waals surface area contributed by atoms with E-state index in [1.54, 1.807) is 0 Å². The Bertz CT molecular complexity index is 1200. The molecule has 0 aromatic rings. The minimum atomic E-state index is -4.03. The van der Waals surface area contributed by atoms with Gasteiger partial charge in [0.25, 0.3) is 10.1 Å². The maximum atomic E-state index is 12.5. The molecule has 0 aromatic heterocycles. The summed E-state index contributed by atoms with van der Waals surface area (Å²) in [4.78, 5) is 49.1. The molecule has 4 fully saturated rings. The van der Waals surface area contributed by atoms with Crippen molar-refractivity contribution < 1.29 is 51.1 Å². The lowest BCUT2D eigenvalue weighted by Crippen LogP contribution is -2.60. The van der Waals surface area contributed by atoms with Crippen molar-refractivity contribution in [1.82, 2.24) is 0 Å². The highest BCUT2D eigenvalue weighted by Gasteiger charge is 2.65. The minimum absolute atomic E-state index is 0.102. The van der Waals surface area contributed by atoms with Gasteiger partial charge in [-0.05, 0) is 99.7 Å². The van der Waals surface area contributed by atoms with Gasteiger partial charge in [0, 0.05) is 38.5 Å². The van der Waals surface area contributed by atoms with Crippen LogP contribution in [0.1, 0.15) is 105 Å². The Hall–Kier alpha value is -2.21. The summed E-state index contributed by atoms with van der Waals surface area (Å²) in [7, 11) is -4.03. The highest BCUT2D eigenvalue weighted by Crippen LogP contribution is 2.66. The zero-order chi connectivity index (χ0) is 33.1. The van der Waals surface area contributed by atoms with Gasteiger partial charge < -0.3 is 18.9 Å². The van der Waals surface area contributed by atoms with Crippen molar-refractivity contribution in [3.8, 4) is 0 Å². The third kappa shape index (κ3) is 8.58. The van der Waals surface area contributed by atoms with E-state index in [9.17, 15) is 27.6 Å². The standard InChI is InChI=1S/C33H52O11S/c1-19(8-13-31(37)41-14-6-7-15-45(38,39)40)27-11-12-28-32-26(18-30(33(27,28)5)44-22(4)36)25-10-9-24(42-20(2)34)16-23(25)17-29(32)43-21(3)35/h19,23-30,32H,6-18H2,1-5H3,(H,38,39,40)/t19-,23?,24?,25?,26-,27?,28+,29?,30?,32?,33?/m1/s1. The van der Waals surface area contributed by atoms with Gasteiger partial charge in [-0.15, -0.1) is 0 Å². The third-order valence-electron chi connectivity index (χ3n) is 11.5. The van der Waals surface area contributed by atoms with E-state index >= 15 is 0 Å². The molecule has 0 radical (unpaired) electrons. The van der Waals surface area contributed by atoms with E-state index in [0.29, 0.717) is 25.2 Å². The zero-order valence-electron chi connectivity index (χ0n) is 27.4. The first kappa shape index (κ1) is 35.6. The topological polar surface area (TPSA) is 160 Å². The van der Waals surface area contributed by atoms with Crippen molar-refractivity contribution in [2.45, 2.75) is 124 Å². The predicted molar refractivity (Wildman–Crippen MR) is 163 cm³/mol. The fraction of sp³-hybridized carbons (Fsp3) is 0.879. The monoisotopic (exact) mass is 656 g/mol. The Balaban J connectivity index is 1.49. The number of unbranched alkanes of at least 4 members (excludes halogenated alkanes) is 1. The Labute approximate surface area is 267 Å². The molecular weight excluding hydrogens is 604 g/mol. The first-order chi connectivity index (χ1) is 21.1. The summed E-state index contributed by atoms with van der Waals surface area (Å²) < 4.78 is 53.8. The molecular formula is C33H52O11S. The second kappa shape index (κ2) is 14.7. The van der Waals surface area contributed by atoms with Gasteiger partial charge in [-0.25, -0.2) is 0 Å². The van der Waals surface area contributed by atoms with Crippen LogP contribution in [0.5, 0.6) is 0 Å². The van der Waals surface area contributed by atoms with Crippen molar-refractivity contribution in [2.75, 3.05) is 12.4 Å². The molecule has 256 valence electrons. The lowest BCUT2D eigenvalue weighted by molar-refractivity contribution is -0.206. The fourth-order valence-corrected chi connectivity index (χ4v) is 10.5. The Morgan fingerprint density at radius 1 is 0.867 bits per heavy atom. The number of esters is 4. The normalized spacial score (nSPS) is 36.4. The third-order valence-corrected chi connectivity index (χ3v) is 12.3. The number of carbonyl (C=O) groups excluding carboxylic acids is 4. The number of hydrogen-bond acceptors (Lipinski definition) is 10. The Morgan fingerprint density at radius 3 is 2.20 bits per heavy atom. The highest BCUT2D eigenvalue weighted by atomic mass is 32.2. The van der Waals surface area contributed by atoms with Crippen LogP contribution in [0.25, 0.3) is 0 Å². The summed E-state index contributed by atoms with van der Waals surface area (Å²) in [5, 5.41) is 0. The van der Waals surface area contributed by atoms with Crippen molar-refractivity contribution in [2.24, 2.45) is 46.8 Å². The summed E-state index contributed by atoms with van der Waals surface area (Å²) >= 11 is 0. The number of fused-ring (bicyclic) bond motifs is 5. The van der Waals surface area contributed by atoms with E-state index in [-0.39, 0.29) is 108 Å². The van der Waals surface area contributed by atoms with Crippen LogP contribution in [0.4, 0.5) is 0 Å². The molecule has 0 spiro atoms. The van der Waals surface area contributed by atoms with Crippen LogP contribution in [-0.4, -0.2) is 67.5 Å². The van der Waals surface area contributed by atoms with E-state index in [2.05, 4.69) is 13.8 Å². The van der Waals surface area contributed by atoms with E-state index in [1.165, 1.54) is 20.8 Å². The van der Waals surface area contributed by atoms with Crippen LogP contribution in [0, 0.1) is 46.8 Å². The maximum absolute atomic E-state index is 12.5. The average Bonchev–Trinajstić information content (AvgIpc) is 3.28. The number of rotatable bonds is 12. The number of hydrogen-bond donors (Lipinski definition) is 1. The predicted octanol–water partition coefficient (Wildman–Crippen LogP) is 4.90. The van der Waals surface area contributed by atoms with E-state index in [1.807, 2.05) is 0 Å². The molecule has 0 aliphatic heterocycles. The van der Waals surface area contributed by atoms with Crippen molar-refractivity contribution >= 4 is 34.0 Å². The molecule has 11 atom stereocenters. The molecule has 4 aliphatic rings. The molecule has 11 nitrogen and oxygen atoms in total. The minimum Gasteiger partial charge on any atom is -0.466 e. The fourth-order valence-electron chi connectivity index (χ4n) is 9.97. The lowest BCUT2D eigenvalue weighted by atomic mass is 9.47. The Morgan fingerprint density at radius 2 is 1.56 bits per heavy atom. The molecule has 1 N–H and O–H groups in total. The van der Waals surface area contributed by atoms with E-state index in [0.717, 1.165) is 38.5 Å². The molecule has 0 amide bonds. The summed E-state index contributed by atoms with van der Waals surface area (Å²) in [6.07, 6.45) is 6.48. The van der Waals surface area contributed by atoms with Gasteiger partial charge in [0.15, 0.2) is 0 Å². The van der Waals surface area contributed by atoms with Gasteiger partial charge in [-0.2, -0.15) is 8.42 Å². The first-order valence-electron chi connectivity index (χ1n) is 16.7. The van der Waals surface area contributed by atoms with Gasteiger partial charge in [0.1, 0.15) is 18.3 Å². The largest absolute Gasteiger partial charge is 0.466 e. The van der Waals surface area contributed by atoms with Crippen LogP contribution < -0.4 is 0 Å². The quantitative estimate of drug-likeness (QED) is 0.132. The SMILES string of the molecule is CC(=O)OC1CCC2C(C1)CC(OC(C)=O)C1[C@@H]2CC(OC(C)=O)C2(C)C([C@H](C)CCC(=O)OCCCCS(=O)(=O)O)CC[C@@H]12. The van der Waals surface area contributed by atoms with Crippen LogP contribution in [0.3, 0.4) is 0 Å². The van der Waals surface area contributed by atoms with Gasteiger partial charge in [0.05, 0.1) is 12.4 Å². The molecule has 4 saturated carbocycles. The van der Waals surface area contributed by atoms with Crippen molar-refractivity contribution in [1.29, 1.82) is 0 Å². The molecule has 0 heterocycles. The molecule has 4 rings (SSSR count).